The molecule has 1 atom stereocenters. The monoisotopic (exact) mass is 322 g/mol. The van der Waals surface area contributed by atoms with Crippen LogP contribution in [0.2, 0.25) is 0 Å². The Kier molecular flexibility index (Phi) is 3.65. The molecule has 1 saturated heterocycles. The van der Waals surface area contributed by atoms with Crippen LogP contribution in [-0.2, 0) is 0 Å². The standard InChI is InChI=1S/C18H18N4O2/c1-24-17-12(6-4-10-19-17)18(23)22-11-5-9-15(22)16-20-13-7-2-3-8-14(13)21-16/h2-4,6-8,10,15H,5,9,11H2,1H3,(H,20,21). The van der Waals surface area contributed by atoms with Crippen molar-refractivity contribution in [3.8, 4) is 5.88 Å². The first-order valence-corrected chi connectivity index (χ1v) is 8.02. The predicted octanol–water partition coefficient (Wildman–Crippen LogP) is 2.94. The first-order valence-electron chi connectivity index (χ1n) is 8.02. The van der Waals surface area contributed by atoms with Crippen LogP contribution in [0.15, 0.2) is 42.6 Å². The quantitative estimate of drug-likeness (QED) is 0.805. The van der Waals surface area contributed by atoms with Crippen LogP contribution >= 0.6 is 0 Å². The normalized spacial score (nSPS) is 17.4. The number of rotatable bonds is 3. The van der Waals surface area contributed by atoms with Gasteiger partial charge < -0.3 is 14.6 Å². The van der Waals surface area contributed by atoms with E-state index < -0.39 is 0 Å². The van der Waals surface area contributed by atoms with E-state index in [-0.39, 0.29) is 11.9 Å². The molecule has 1 aromatic carbocycles. The van der Waals surface area contributed by atoms with Crippen molar-refractivity contribution in [3.05, 3.63) is 54.0 Å². The Bertz CT molecular complexity index is 856. The molecule has 1 fully saturated rings. The molecule has 1 unspecified atom stereocenters. The van der Waals surface area contributed by atoms with E-state index in [4.69, 9.17) is 4.74 Å². The number of ether oxygens (including phenoxy) is 1. The Hall–Kier alpha value is -2.89. The highest BCUT2D eigenvalue weighted by Crippen LogP contribution is 2.33. The zero-order valence-electron chi connectivity index (χ0n) is 13.4. The lowest BCUT2D eigenvalue weighted by atomic mass is 10.2. The van der Waals surface area contributed by atoms with Gasteiger partial charge in [-0.25, -0.2) is 9.97 Å². The Labute approximate surface area is 139 Å². The van der Waals surface area contributed by atoms with Gasteiger partial charge in [0.05, 0.1) is 24.2 Å². The highest BCUT2D eigenvalue weighted by molar-refractivity contribution is 5.96. The van der Waals surface area contributed by atoms with E-state index in [1.54, 1.807) is 18.3 Å². The van der Waals surface area contributed by atoms with Gasteiger partial charge in [-0.05, 0) is 37.1 Å². The molecule has 0 aliphatic carbocycles. The van der Waals surface area contributed by atoms with Crippen molar-refractivity contribution in [2.45, 2.75) is 18.9 Å². The first kappa shape index (κ1) is 14.7. The van der Waals surface area contributed by atoms with Crippen molar-refractivity contribution in [2.24, 2.45) is 0 Å². The van der Waals surface area contributed by atoms with E-state index in [0.717, 1.165) is 29.7 Å². The van der Waals surface area contributed by atoms with Crippen molar-refractivity contribution in [1.29, 1.82) is 0 Å². The SMILES string of the molecule is COc1ncccc1C(=O)N1CCCC1c1nc2ccccc2[nH]1. The van der Waals surface area contributed by atoms with E-state index in [1.807, 2.05) is 29.2 Å². The molecule has 0 spiro atoms. The zero-order valence-corrected chi connectivity index (χ0v) is 13.4. The average Bonchev–Trinajstić information content (AvgIpc) is 3.27. The number of carbonyl (C=O) groups is 1. The van der Waals surface area contributed by atoms with Crippen LogP contribution in [0.5, 0.6) is 5.88 Å². The van der Waals surface area contributed by atoms with Crippen LogP contribution in [0.3, 0.4) is 0 Å². The summed E-state index contributed by atoms with van der Waals surface area (Å²) >= 11 is 0. The summed E-state index contributed by atoms with van der Waals surface area (Å²) in [7, 11) is 1.53. The number of methoxy groups -OCH3 is 1. The highest BCUT2D eigenvalue weighted by Gasteiger charge is 2.34. The Balaban J connectivity index is 1.68. The molecule has 0 radical (unpaired) electrons. The molecular weight excluding hydrogens is 304 g/mol. The number of hydrogen-bond donors (Lipinski definition) is 1. The molecule has 0 bridgehead atoms. The zero-order chi connectivity index (χ0) is 16.5. The van der Waals surface area contributed by atoms with Crippen molar-refractivity contribution >= 4 is 16.9 Å². The number of para-hydroxylation sites is 2. The van der Waals surface area contributed by atoms with Gasteiger partial charge in [0.15, 0.2) is 0 Å². The number of carbonyl (C=O) groups excluding carboxylic acids is 1. The number of hydrogen-bond acceptors (Lipinski definition) is 4. The third kappa shape index (κ3) is 2.40. The predicted molar refractivity (Wildman–Crippen MR) is 89.9 cm³/mol. The molecular formula is C18H18N4O2. The molecule has 0 saturated carbocycles. The smallest absolute Gasteiger partial charge is 0.259 e. The van der Waals surface area contributed by atoms with Gasteiger partial charge in [-0.15, -0.1) is 0 Å². The molecule has 3 aromatic rings. The number of pyridine rings is 1. The number of aromatic nitrogens is 3. The van der Waals surface area contributed by atoms with E-state index in [9.17, 15) is 4.79 Å². The first-order chi connectivity index (χ1) is 11.8. The van der Waals surface area contributed by atoms with Crippen LogP contribution in [0, 0.1) is 0 Å². The molecule has 6 nitrogen and oxygen atoms in total. The van der Waals surface area contributed by atoms with Gasteiger partial charge in [-0.1, -0.05) is 12.1 Å². The van der Waals surface area contributed by atoms with Crippen molar-refractivity contribution in [3.63, 3.8) is 0 Å². The van der Waals surface area contributed by atoms with Crippen molar-refractivity contribution in [2.75, 3.05) is 13.7 Å². The van der Waals surface area contributed by atoms with Gasteiger partial charge in [-0.3, -0.25) is 4.79 Å². The number of fused-ring (bicyclic) bond motifs is 1. The van der Waals surface area contributed by atoms with Gasteiger partial charge in [0, 0.05) is 12.7 Å². The largest absolute Gasteiger partial charge is 0.480 e. The second kappa shape index (κ2) is 5.96. The van der Waals surface area contributed by atoms with Crippen molar-refractivity contribution < 1.29 is 9.53 Å². The van der Waals surface area contributed by atoms with E-state index in [0.29, 0.717) is 18.0 Å². The molecule has 1 amide bonds. The summed E-state index contributed by atoms with van der Waals surface area (Å²) in [5.41, 5.74) is 2.40. The minimum atomic E-state index is -0.0668. The van der Waals surface area contributed by atoms with E-state index in [2.05, 4.69) is 15.0 Å². The van der Waals surface area contributed by atoms with Crippen LogP contribution in [0.4, 0.5) is 0 Å². The van der Waals surface area contributed by atoms with Gasteiger partial charge >= 0.3 is 0 Å². The minimum Gasteiger partial charge on any atom is -0.480 e. The van der Waals surface area contributed by atoms with Gasteiger partial charge in [-0.2, -0.15) is 0 Å². The number of nitrogens with zero attached hydrogens (tertiary/aromatic N) is 3. The maximum atomic E-state index is 13.0. The lowest BCUT2D eigenvalue weighted by Crippen LogP contribution is -2.31. The van der Waals surface area contributed by atoms with Gasteiger partial charge in [0.2, 0.25) is 5.88 Å². The third-order valence-corrected chi connectivity index (χ3v) is 4.43. The van der Waals surface area contributed by atoms with Crippen LogP contribution in [-0.4, -0.2) is 39.4 Å². The van der Waals surface area contributed by atoms with Crippen LogP contribution in [0.25, 0.3) is 11.0 Å². The Morgan fingerprint density at radius 1 is 1.29 bits per heavy atom. The fraction of sp³-hybridized carbons (Fsp3) is 0.278. The van der Waals surface area contributed by atoms with Crippen LogP contribution < -0.4 is 4.74 Å². The number of H-pyrrole nitrogens is 1. The van der Waals surface area contributed by atoms with Gasteiger partial charge in [0.1, 0.15) is 11.4 Å². The Morgan fingerprint density at radius 2 is 2.17 bits per heavy atom. The molecule has 4 rings (SSSR count). The fourth-order valence-corrected chi connectivity index (χ4v) is 3.30. The maximum Gasteiger partial charge on any atom is 0.259 e. The third-order valence-electron chi connectivity index (χ3n) is 4.43. The summed E-state index contributed by atoms with van der Waals surface area (Å²) in [6.07, 6.45) is 3.47. The molecule has 3 heterocycles. The second-order valence-corrected chi connectivity index (χ2v) is 5.86. The molecule has 1 aliphatic rings. The molecule has 1 aliphatic heterocycles. The molecule has 122 valence electrons. The number of aromatic amines is 1. The van der Waals surface area contributed by atoms with Gasteiger partial charge in [0.25, 0.3) is 5.91 Å². The highest BCUT2D eigenvalue weighted by atomic mass is 16.5. The summed E-state index contributed by atoms with van der Waals surface area (Å²) < 4.78 is 5.23. The number of benzene rings is 1. The topological polar surface area (TPSA) is 71.1 Å². The average molecular weight is 322 g/mol. The van der Waals surface area contributed by atoms with E-state index >= 15 is 0 Å². The van der Waals surface area contributed by atoms with Crippen molar-refractivity contribution in [1.82, 2.24) is 19.9 Å². The minimum absolute atomic E-state index is 0.0465. The molecule has 1 N–H and O–H groups in total. The summed E-state index contributed by atoms with van der Waals surface area (Å²) in [5, 5.41) is 0. The molecule has 24 heavy (non-hydrogen) atoms. The molecule has 2 aromatic heterocycles. The number of imidazole rings is 1. The lowest BCUT2D eigenvalue weighted by Gasteiger charge is -2.23. The second-order valence-electron chi connectivity index (χ2n) is 5.86. The number of amides is 1. The summed E-state index contributed by atoms with van der Waals surface area (Å²) in [4.78, 5) is 27.0. The summed E-state index contributed by atoms with van der Waals surface area (Å²) in [5.74, 6) is 1.13. The summed E-state index contributed by atoms with van der Waals surface area (Å²) in [6, 6.07) is 11.4. The summed E-state index contributed by atoms with van der Waals surface area (Å²) in [6.45, 7) is 0.707. The number of likely N-dealkylation sites (tertiary alicyclic amines) is 1. The fourth-order valence-electron chi connectivity index (χ4n) is 3.30. The maximum absolute atomic E-state index is 13.0. The Morgan fingerprint density at radius 3 is 3.00 bits per heavy atom. The van der Waals surface area contributed by atoms with Crippen LogP contribution in [0.1, 0.15) is 35.1 Å². The lowest BCUT2D eigenvalue weighted by molar-refractivity contribution is 0.0726. The molecule has 6 heteroatoms. The number of nitrogens with one attached hydrogen (secondary N) is 1. The van der Waals surface area contributed by atoms with E-state index in [1.165, 1.54) is 7.11 Å².